The zero-order valence-electron chi connectivity index (χ0n) is 23.9. The molecule has 3 saturated heterocycles. The van der Waals surface area contributed by atoms with E-state index in [2.05, 4.69) is 39.1 Å². The Hall–Kier alpha value is -3.63. The number of nitrogens with zero attached hydrogens (tertiary/aromatic N) is 5. The molecule has 1 aromatic heterocycles. The quantitative estimate of drug-likeness (QED) is 0.418. The van der Waals surface area contributed by atoms with Gasteiger partial charge in [-0.3, -0.25) is 9.59 Å². The van der Waals surface area contributed by atoms with Crippen molar-refractivity contribution in [3.8, 4) is 0 Å². The van der Waals surface area contributed by atoms with E-state index in [1.807, 2.05) is 15.9 Å². The predicted octanol–water partition coefficient (Wildman–Crippen LogP) is 3.25. The van der Waals surface area contributed by atoms with E-state index in [0.29, 0.717) is 36.0 Å². The third-order valence-electron chi connectivity index (χ3n) is 9.40. The fraction of sp³-hybridized carbons (Fsp3) is 0.438. The van der Waals surface area contributed by atoms with Gasteiger partial charge in [0.05, 0.1) is 15.9 Å². The normalized spacial score (nSPS) is 22.6. The second kappa shape index (κ2) is 11.6. The van der Waals surface area contributed by atoms with Crippen LogP contribution in [0.1, 0.15) is 46.7 Å². The molecule has 6 rings (SSSR count). The van der Waals surface area contributed by atoms with Gasteiger partial charge in [0.2, 0.25) is 5.91 Å². The molecule has 0 bridgehead atoms. The van der Waals surface area contributed by atoms with Crippen LogP contribution in [0.25, 0.3) is 0 Å². The third kappa shape index (κ3) is 5.83. The Balaban J connectivity index is 1.08. The minimum absolute atomic E-state index is 0.0285. The van der Waals surface area contributed by atoms with Gasteiger partial charge in [-0.15, -0.1) is 0 Å². The summed E-state index contributed by atoms with van der Waals surface area (Å²) in [5, 5.41) is 0. The van der Waals surface area contributed by atoms with E-state index < -0.39 is 9.84 Å². The Bertz CT molecular complexity index is 1520. The summed E-state index contributed by atoms with van der Waals surface area (Å²) in [5.74, 6) is 0.729. The lowest BCUT2D eigenvalue weighted by Gasteiger charge is -2.39. The molecular weight excluding hydrogens is 550 g/mol. The molecule has 3 fully saturated rings. The van der Waals surface area contributed by atoms with E-state index in [1.54, 1.807) is 36.7 Å². The number of hydrogen-bond donors (Lipinski definition) is 0. The maximum Gasteiger partial charge on any atom is 0.257 e. The van der Waals surface area contributed by atoms with E-state index in [1.165, 1.54) is 18.1 Å². The number of likely N-dealkylation sites (tertiary alicyclic amines) is 3. The van der Waals surface area contributed by atoms with Gasteiger partial charge < -0.3 is 14.7 Å². The van der Waals surface area contributed by atoms with Crippen LogP contribution in [-0.2, 0) is 21.2 Å². The van der Waals surface area contributed by atoms with Gasteiger partial charge in [0.25, 0.3) is 5.91 Å². The number of amides is 2. The summed E-state index contributed by atoms with van der Waals surface area (Å²) in [6, 6.07) is 17.3. The summed E-state index contributed by atoms with van der Waals surface area (Å²) in [5.41, 5.74) is 2.40. The molecule has 0 saturated carbocycles. The smallest absolute Gasteiger partial charge is 0.257 e. The zero-order valence-corrected chi connectivity index (χ0v) is 24.7. The van der Waals surface area contributed by atoms with Gasteiger partial charge in [0.15, 0.2) is 9.84 Å². The first-order chi connectivity index (χ1) is 20.2. The summed E-state index contributed by atoms with van der Waals surface area (Å²) < 4.78 is 23.6. The second-order valence-corrected chi connectivity index (χ2v) is 14.1. The van der Waals surface area contributed by atoms with E-state index in [0.717, 1.165) is 51.0 Å². The molecule has 220 valence electrons. The summed E-state index contributed by atoms with van der Waals surface area (Å²) in [7, 11) is -3.24. The zero-order chi connectivity index (χ0) is 29.3. The first kappa shape index (κ1) is 28.5. The molecule has 10 heteroatoms. The Kier molecular flexibility index (Phi) is 7.85. The van der Waals surface area contributed by atoms with Crippen LogP contribution < -0.4 is 0 Å². The third-order valence-corrected chi connectivity index (χ3v) is 10.5. The highest BCUT2D eigenvalue weighted by Crippen LogP contribution is 2.43. The molecule has 2 atom stereocenters. The van der Waals surface area contributed by atoms with Gasteiger partial charge in [-0.2, -0.15) is 0 Å². The fourth-order valence-electron chi connectivity index (χ4n) is 6.96. The minimum Gasteiger partial charge on any atom is -0.338 e. The minimum atomic E-state index is -3.24. The molecule has 2 unspecified atom stereocenters. The molecule has 42 heavy (non-hydrogen) atoms. The molecule has 4 heterocycles. The number of carbonyl (C=O) groups excluding carboxylic acids is 2. The topological polar surface area (TPSA) is 104 Å². The largest absolute Gasteiger partial charge is 0.338 e. The Morgan fingerprint density at radius 3 is 2.26 bits per heavy atom. The van der Waals surface area contributed by atoms with Gasteiger partial charge in [0, 0.05) is 57.3 Å². The summed E-state index contributed by atoms with van der Waals surface area (Å²) in [6.07, 6.45) is 8.33. The molecule has 2 aromatic carbocycles. The van der Waals surface area contributed by atoms with Crippen molar-refractivity contribution in [3.63, 3.8) is 0 Å². The number of hydrogen-bond acceptors (Lipinski definition) is 7. The lowest BCUT2D eigenvalue weighted by atomic mass is 9.76. The van der Waals surface area contributed by atoms with Gasteiger partial charge in [0.1, 0.15) is 6.33 Å². The van der Waals surface area contributed by atoms with Crippen LogP contribution >= 0.6 is 0 Å². The molecule has 3 aromatic rings. The lowest BCUT2D eigenvalue weighted by Crippen LogP contribution is -2.46. The monoisotopic (exact) mass is 587 g/mol. The molecular formula is C32H37N5O4S. The van der Waals surface area contributed by atoms with E-state index in [-0.39, 0.29) is 23.1 Å². The number of piperidine rings is 1. The predicted molar refractivity (Wildman–Crippen MR) is 158 cm³/mol. The second-order valence-electron chi connectivity index (χ2n) is 12.1. The van der Waals surface area contributed by atoms with E-state index in [9.17, 15) is 18.0 Å². The number of benzene rings is 2. The standard InChI is InChI=1S/C32H37N5O4S/c1-42(40,41)28-9-7-24(8-10-28)19-36-16-13-32(31(36)39)11-14-35(15-12-32)20-27-21-37(30(38)26-17-33-23-34-18-26)22-29(27)25-5-3-2-4-6-25/h2-10,17-18,23,27,29H,11-16,19-22H2,1H3. The van der Waals surface area contributed by atoms with Crippen LogP contribution in [0.4, 0.5) is 0 Å². The van der Waals surface area contributed by atoms with Crippen molar-refractivity contribution < 1.29 is 18.0 Å². The van der Waals surface area contributed by atoms with Crippen molar-refractivity contribution in [2.45, 2.75) is 36.6 Å². The van der Waals surface area contributed by atoms with Crippen LogP contribution in [0.2, 0.25) is 0 Å². The molecule has 2 amide bonds. The fourth-order valence-corrected chi connectivity index (χ4v) is 7.59. The molecule has 1 spiro atoms. The highest BCUT2D eigenvalue weighted by atomic mass is 32.2. The molecule has 0 N–H and O–H groups in total. The summed E-state index contributed by atoms with van der Waals surface area (Å²) >= 11 is 0. The number of sulfone groups is 1. The summed E-state index contributed by atoms with van der Waals surface area (Å²) in [4.78, 5) is 41.6. The first-order valence-electron chi connectivity index (χ1n) is 14.6. The Morgan fingerprint density at radius 1 is 0.929 bits per heavy atom. The lowest BCUT2D eigenvalue weighted by molar-refractivity contribution is -0.139. The molecule has 9 nitrogen and oxygen atoms in total. The average molecular weight is 588 g/mol. The molecule has 0 radical (unpaired) electrons. The van der Waals surface area contributed by atoms with E-state index in [4.69, 9.17) is 0 Å². The van der Waals surface area contributed by atoms with Crippen LogP contribution in [0, 0.1) is 11.3 Å². The van der Waals surface area contributed by atoms with Gasteiger partial charge in [-0.25, -0.2) is 18.4 Å². The summed E-state index contributed by atoms with van der Waals surface area (Å²) in [6.45, 7) is 5.19. The van der Waals surface area contributed by atoms with Gasteiger partial charge in [-0.1, -0.05) is 42.5 Å². The highest BCUT2D eigenvalue weighted by Gasteiger charge is 2.48. The van der Waals surface area contributed by atoms with Crippen LogP contribution in [0.15, 0.2) is 78.2 Å². The molecule has 3 aliphatic rings. The Labute approximate surface area is 247 Å². The maximum absolute atomic E-state index is 13.6. The Morgan fingerprint density at radius 2 is 1.60 bits per heavy atom. The van der Waals surface area contributed by atoms with Crippen LogP contribution in [0.3, 0.4) is 0 Å². The van der Waals surface area contributed by atoms with Gasteiger partial charge >= 0.3 is 0 Å². The van der Waals surface area contributed by atoms with Crippen molar-refractivity contribution in [3.05, 3.63) is 90.0 Å². The van der Waals surface area contributed by atoms with Crippen molar-refractivity contribution in [2.24, 2.45) is 11.3 Å². The van der Waals surface area contributed by atoms with Crippen LogP contribution in [0.5, 0.6) is 0 Å². The van der Waals surface area contributed by atoms with Crippen molar-refractivity contribution >= 4 is 21.7 Å². The molecule has 0 aliphatic carbocycles. The highest BCUT2D eigenvalue weighted by molar-refractivity contribution is 7.90. The SMILES string of the molecule is CS(=O)(=O)c1ccc(CN2CCC3(CCN(CC4CN(C(=O)c5cncnc5)CC4c4ccccc4)CC3)C2=O)cc1. The van der Waals surface area contributed by atoms with Crippen molar-refractivity contribution in [1.29, 1.82) is 0 Å². The van der Waals surface area contributed by atoms with Crippen molar-refractivity contribution in [1.82, 2.24) is 24.7 Å². The average Bonchev–Trinajstić information content (AvgIpc) is 3.56. The number of rotatable bonds is 7. The van der Waals surface area contributed by atoms with E-state index >= 15 is 0 Å². The number of aromatic nitrogens is 2. The van der Waals surface area contributed by atoms with Crippen molar-refractivity contribution in [2.75, 3.05) is 45.5 Å². The number of carbonyl (C=O) groups is 2. The van der Waals surface area contributed by atoms with Gasteiger partial charge in [-0.05, 0) is 61.5 Å². The first-order valence-corrected chi connectivity index (χ1v) is 16.5. The van der Waals surface area contributed by atoms with Crippen LogP contribution in [-0.4, -0.2) is 90.4 Å². The molecule has 3 aliphatic heterocycles. The maximum atomic E-state index is 13.6.